The van der Waals surface area contributed by atoms with E-state index in [-0.39, 0.29) is 24.6 Å². The fraction of sp³-hybridized carbons (Fsp3) is 0.348. The SMILES string of the molecule is C=CC(=O)N1C[C@@H](Nc2ncc3c(n2)NCC(c2cc(OC)cc(OC)c2Cl)=C3)C[C@H]1CO. The van der Waals surface area contributed by atoms with Crippen molar-refractivity contribution in [2.75, 3.05) is 44.5 Å². The lowest BCUT2D eigenvalue weighted by atomic mass is 10.00. The van der Waals surface area contributed by atoms with E-state index in [1.807, 2.05) is 12.1 Å². The van der Waals surface area contributed by atoms with Gasteiger partial charge < -0.3 is 30.1 Å². The summed E-state index contributed by atoms with van der Waals surface area (Å²) >= 11 is 6.54. The number of aromatic nitrogens is 2. The van der Waals surface area contributed by atoms with Crippen LogP contribution in [-0.4, -0.2) is 71.9 Å². The van der Waals surface area contributed by atoms with Gasteiger partial charge in [0.15, 0.2) is 0 Å². The van der Waals surface area contributed by atoms with Crippen LogP contribution >= 0.6 is 11.6 Å². The van der Waals surface area contributed by atoms with Gasteiger partial charge in [0.2, 0.25) is 11.9 Å². The third-order valence-corrected chi connectivity index (χ3v) is 6.21. The molecular weight excluding hydrogens is 446 g/mol. The van der Waals surface area contributed by atoms with Crippen LogP contribution in [-0.2, 0) is 4.79 Å². The lowest BCUT2D eigenvalue weighted by Crippen LogP contribution is -2.37. The van der Waals surface area contributed by atoms with Crippen LogP contribution in [0.25, 0.3) is 11.6 Å². The van der Waals surface area contributed by atoms with Crippen LogP contribution in [0.3, 0.4) is 0 Å². The van der Waals surface area contributed by atoms with Crippen molar-refractivity contribution in [3.05, 3.63) is 47.1 Å². The molecule has 2 aliphatic rings. The van der Waals surface area contributed by atoms with Gasteiger partial charge in [-0.25, -0.2) is 4.98 Å². The summed E-state index contributed by atoms with van der Waals surface area (Å²) in [4.78, 5) is 22.7. The number of fused-ring (bicyclic) bond motifs is 1. The summed E-state index contributed by atoms with van der Waals surface area (Å²) in [7, 11) is 3.16. The molecule has 174 valence electrons. The Kier molecular flexibility index (Phi) is 6.71. The Morgan fingerprint density at radius 1 is 1.42 bits per heavy atom. The predicted molar refractivity (Wildman–Crippen MR) is 128 cm³/mol. The van der Waals surface area contributed by atoms with Crippen molar-refractivity contribution in [1.82, 2.24) is 14.9 Å². The number of anilines is 2. The average molecular weight is 472 g/mol. The number of carbonyl (C=O) groups excluding carboxylic acids is 1. The Labute approximate surface area is 197 Å². The van der Waals surface area contributed by atoms with Gasteiger partial charge in [-0.2, -0.15) is 4.98 Å². The molecule has 2 atom stereocenters. The molecule has 3 heterocycles. The molecule has 0 aliphatic carbocycles. The second kappa shape index (κ2) is 9.68. The molecule has 1 aromatic carbocycles. The van der Waals surface area contributed by atoms with Crippen LogP contribution in [0.4, 0.5) is 11.8 Å². The molecule has 2 aromatic rings. The molecule has 1 amide bonds. The normalized spacial score (nSPS) is 19.3. The molecule has 0 saturated carbocycles. The maximum Gasteiger partial charge on any atom is 0.246 e. The van der Waals surface area contributed by atoms with Crippen LogP contribution in [0.15, 0.2) is 31.0 Å². The van der Waals surface area contributed by atoms with Gasteiger partial charge in [-0.15, -0.1) is 0 Å². The Bertz CT molecular complexity index is 1110. The van der Waals surface area contributed by atoms with Crippen molar-refractivity contribution in [2.24, 2.45) is 0 Å². The Hall–Kier alpha value is -3.30. The molecule has 0 bridgehead atoms. The Morgan fingerprint density at radius 2 is 2.24 bits per heavy atom. The maximum atomic E-state index is 12.0. The standard InChI is InChI=1S/C23H26ClN5O4/c1-4-20(31)29-11-15(6-16(29)12-30)27-23-26-10-14-5-13(9-25-22(14)28-23)18-7-17(32-2)8-19(33-3)21(18)24/h4-5,7-8,10,15-16,30H,1,6,9,11-12H2,2-3H3,(H2,25,26,27,28)/t15-,16-/m0/s1. The largest absolute Gasteiger partial charge is 0.497 e. The summed E-state index contributed by atoms with van der Waals surface area (Å²) in [5.41, 5.74) is 2.58. The first kappa shape index (κ1) is 22.9. The lowest BCUT2D eigenvalue weighted by molar-refractivity contribution is -0.127. The second-order valence-electron chi connectivity index (χ2n) is 7.82. The summed E-state index contributed by atoms with van der Waals surface area (Å²) in [6.07, 6.45) is 5.58. The monoisotopic (exact) mass is 471 g/mol. The topological polar surface area (TPSA) is 109 Å². The number of nitrogens with zero attached hydrogens (tertiary/aromatic N) is 3. The number of aliphatic hydroxyl groups excluding tert-OH is 1. The number of hydrogen-bond donors (Lipinski definition) is 3. The van der Waals surface area contributed by atoms with Gasteiger partial charge in [0.05, 0.1) is 31.9 Å². The molecule has 33 heavy (non-hydrogen) atoms. The molecule has 10 heteroatoms. The number of benzene rings is 1. The molecule has 1 saturated heterocycles. The molecular formula is C23H26ClN5O4. The van der Waals surface area contributed by atoms with Crippen LogP contribution in [0.2, 0.25) is 5.02 Å². The highest BCUT2D eigenvalue weighted by molar-refractivity contribution is 6.34. The maximum absolute atomic E-state index is 12.0. The number of ether oxygens (including phenoxy) is 2. The zero-order valence-electron chi connectivity index (χ0n) is 18.5. The van der Waals surface area contributed by atoms with Crippen LogP contribution < -0.4 is 20.1 Å². The highest BCUT2D eigenvalue weighted by Gasteiger charge is 2.34. The molecule has 2 aliphatic heterocycles. The minimum atomic E-state index is -0.251. The number of carbonyl (C=O) groups is 1. The third-order valence-electron chi connectivity index (χ3n) is 5.82. The zero-order chi connectivity index (χ0) is 23.5. The fourth-order valence-corrected chi connectivity index (χ4v) is 4.44. The van der Waals surface area contributed by atoms with Gasteiger partial charge in [0, 0.05) is 42.5 Å². The minimum Gasteiger partial charge on any atom is -0.497 e. The molecule has 0 unspecified atom stereocenters. The highest BCUT2D eigenvalue weighted by Crippen LogP contribution is 2.39. The van der Waals surface area contributed by atoms with Gasteiger partial charge in [-0.3, -0.25) is 4.79 Å². The molecule has 3 N–H and O–H groups in total. The molecule has 0 radical (unpaired) electrons. The summed E-state index contributed by atoms with van der Waals surface area (Å²) < 4.78 is 10.7. The Morgan fingerprint density at radius 3 is 2.94 bits per heavy atom. The first-order valence-corrected chi connectivity index (χ1v) is 10.9. The Balaban J connectivity index is 1.54. The van der Waals surface area contributed by atoms with Crippen LogP contribution in [0.5, 0.6) is 11.5 Å². The van der Waals surface area contributed by atoms with E-state index in [2.05, 4.69) is 27.2 Å². The highest BCUT2D eigenvalue weighted by atomic mass is 35.5. The average Bonchev–Trinajstić information content (AvgIpc) is 3.26. The number of rotatable bonds is 7. The molecule has 1 fully saturated rings. The van der Waals surface area contributed by atoms with Crippen molar-refractivity contribution < 1.29 is 19.4 Å². The number of hydrogen-bond acceptors (Lipinski definition) is 8. The van der Waals surface area contributed by atoms with Gasteiger partial charge in [0.1, 0.15) is 17.3 Å². The number of halogens is 1. The van der Waals surface area contributed by atoms with E-state index < -0.39 is 0 Å². The van der Waals surface area contributed by atoms with E-state index in [9.17, 15) is 9.90 Å². The summed E-state index contributed by atoms with van der Waals surface area (Å²) in [6.45, 7) is 4.39. The van der Waals surface area contributed by atoms with E-state index in [4.69, 9.17) is 21.1 Å². The second-order valence-corrected chi connectivity index (χ2v) is 8.20. The first-order chi connectivity index (χ1) is 16.0. The molecule has 0 spiro atoms. The number of nitrogens with one attached hydrogen (secondary N) is 2. The van der Waals surface area contributed by atoms with Crippen LogP contribution in [0, 0.1) is 0 Å². The number of methoxy groups -OCH3 is 2. The van der Waals surface area contributed by atoms with E-state index in [0.717, 1.165) is 16.7 Å². The number of amides is 1. The minimum absolute atomic E-state index is 0.0677. The molecule has 9 nitrogen and oxygen atoms in total. The van der Waals surface area contributed by atoms with E-state index >= 15 is 0 Å². The van der Waals surface area contributed by atoms with Crippen molar-refractivity contribution in [3.63, 3.8) is 0 Å². The number of aliphatic hydroxyl groups is 1. The summed E-state index contributed by atoms with van der Waals surface area (Å²) in [6, 6.07) is 3.29. The fourth-order valence-electron chi connectivity index (χ4n) is 4.14. The van der Waals surface area contributed by atoms with Crippen LogP contribution in [0.1, 0.15) is 17.5 Å². The quantitative estimate of drug-likeness (QED) is 0.529. The van der Waals surface area contributed by atoms with Gasteiger partial charge in [-0.05, 0) is 30.2 Å². The zero-order valence-corrected chi connectivity index (χ0v) is 19.2. The first-order valence-electron chi connectivity index (χ1n) is 10.5. The van der Waals surface area contributed by atoms with Gasteiger partial charge >= 0.3 is 0 Å². The molecule has 1 aromatic heterocycles. The van der Waals surface area contributed by atoms with Gasteiger partial charge in [0.25, 0.3) is 0 Å². The molecule has 4 rings (SSSR count). The van der Waals surface area contributed by atoms with Crippen molar-refractivity contribution in [1.29, 1.82) is 0 Å². The van der Waals surface area contributed by atoms with Crippen molar-refractivity contribution >= 4 is 40.9 Å². The van der Waals surface area contributed by atoms with Gasteiger partial charge in [-0.1, -0.05) is 18.2 Å². The number of likely N-dealkylation sites (tertiary alicyclic amines) is 1. The lowest BCUT2D eigenvalue weighted by Gasteiger charge is -2.21. The summed E-state index contributed by atoms with van der Waals surface area (Å²) in [5, 5.41) is 16.7. The smallest absolute Gasteiger partial charge is 0.246 e. The van der Waals surface area contributed by atoms with E-state index in [0.29, 0.717) is 47.8 Å². The predicted octanol–water partition coefficient (Wildman–Crippen LogP) is 2.67. The summed E-state index contributed by atoms with van der Waals surface area (Å²) in [5.74, 6) is 2.13. The van der Waals surface area contributed by atoms with Crippen molar-refractivity contribution in [3.8, 4) is 11.5 Å². The third kappa shape index (κ3) is 4.60. The van der Waals surface area contributed by atoms with Crippen molar-refractivity contribution in [2.45, 2.75) is 18.5 Å². The van der Waals surface area contributed by atoms with E-state index in [1.165, 1.54) is 6.08 Å². The van der Waals surface area contributed by atoms with E-state index in [1.54, 1.807) is 31.4 Å².